The van der Waals surface area contributed by atoms with Gasteiger partial charge in [-0.2, -0.15) is 0 Å². The summed E-state index contributed by atoms with van der Waals surface area (Å²) in [6.45, 7) is 3.65. The zero-order chi connectivity index (χ0) is 17.3. The standard InChI is InChI=1S/C22H27NO2/c1-2-25-21-12-8-18(9-13-21)22(24)14-19-10-11-20(15-22)23(19)16-17-6-4-3-5-7-17/h3-9,12-13,19-20,24H,2,10-11,14-16H2,1H3. The van der Waals surface area contributed by atoms with Gasteiger partial charge in [-0.3, -0.25) is 4.90 Å². The molecule has 3 heteroatoms. The Morgan fingerprint density at radius 2 is 1.64 bits per heavy atom. The van der Waals surface area contributed by atoms with Crippen molar-refractivity contribution in [2.24, 2.45) is 0 Å². The number of ether oxygens (including phenoxy) is 1. The van der Waals surface area contributed by atoms with Crippen molar-refractivity contribution in [2.45, 2.75) is 56.8 Å². The van der Waals surface area contributed by atoms with Crippen molar-refractivity contribution in [1.82, 2.24) is 4.90 Å². The molecule has 0 radical (unpaired) electrons. The molecule has 2 aliphatic heterocycles. The van der Waals surface area contributed by atoms with E-state index in [4.69, 9.17) is 4.74 Å². The lowest BCUT2D eigenvalue weighted by molar-refractivity contribution is -0.0595. The van der Waals surface area contributed by atoms with Gasteiger partial charge in [0.2, 0.25) is 0 Å². The van der Waals surface area contributed by atoms with Gasteiger partial charge in [-0.05, 0) is 55.9 Å². The van der Waals surface area contributed by atoms with Crippen LogP contribution >= 0.6 is 0 Å². The van der Waals surface area contributed by atoms with Crippen LogP contribution in [0.3, 0.4) is 0 Å². The first kappa shape index (κ1) is 16.6. The number of hydrogen-bond donors (Lipinski definition) is 1. The molecule has 2 aromatic carbocycles. The predicted octanol–water partition coefficient (Wildman–Crippen LogP) is 4.10. The van der Waals surface area contributed by atoms with Gasteiger partial charge in [0, 0.05) is 18.6 Å². The highest BCUT2D eigenvalue weighted by molar-refractivity contribution is 5.32. The summed E-state index contributed by atoms with van der Waals surface area (Å²) in [5.74, 6) is 0.874. The Balaban J connectivity index is 1.50. The number of benzene rings is 2. The summed E-state index contributed by atoms with van der Waals surface area (Å²) in [6.07, 6.45) is 4.03. The van der Waals surface area contributed by atoms with Crippen molar-refractivity contribution in [3.05, 3.63) is 65.7 Å². The molecule has 2 fully saturated rings. The van der Waals surface area contributed by atoms with Crippen LogP contribution in [-0.4, -0.2) is 28.7 Å². The van der Waals surface area contributed by atoms with E-state index < -0.39 is 5.60 Å². The number of rotatable bonds is 5. The Labute approximate surface area is 150 Å². The van der Waals surface area contributed by atoms with Gasteiger partial charge in [0.15, 0.2) is 0 Å². The van der Waals surface area contributed by atoms with Gasteiger partial charge in [-0.1, -0.05) is 42.5 Å². The second-order valence-electron chi connectivity index (χ2n) is 7.44. The van der Waals surface area contributed by atoms with Gasteiger partial charge in [0.1, 0.15) is 5.75 Å². The third-order valence-corrected chi connectivity index (χ3v) is 5.83. The first-order valence-corrected chi connectivity index (χ1v) is 9.43. The van der Waals surface area contributed by atoms with E-state index in [0.717, 1.165) is 30.7 Å². The maximum absolute atomic E-state index is 11.4. The topological polar surface area (TPSA) is 32.7 Å². The molecule has 2 aliphatic rings. The molecule has 132 valence electrons. The number of hydrogen-bond acceptors (Lipinski definition) is 3. The number of aliphatic hydroxyl groups is 1. The zero-order valence-electron chi connectivity index (χ0n) is 14.9. The lowest BCUT2D eigenvalue weighted by Crippen LogP contribution is -2.49. The fraction of sp³-hybridized carbons (Fsp3) is 0.455. The fourth-order valence-corrected chi connectivity index (χ4v) is 4.63. The zero-order valence-corrected chi connectivity index (χ0v) is 14.9. The molecule has 2 unspecified atom stereocenters. The van der Waals surface area contributed by atoms with E-state index in [1.54, 1.807) is 0 Å². The molecule has 4 rings (SSSR count). The summed E-state index contributed by atoms with van der Waals surface area (Å²) in [6, 6.07) is 19.7. The summed E-state index contributed by atoms with van der Waals surface area (Å²) >= 11 is 0. The summed E-state index contributed by atoms with van der Waals surface area (Å²) in [4.78, 5) is 2.61. The highest BCUT2D eigenvalue weighted by Gasteiger charge is 2.48. The van der Waals surface area contributed by atoms with Crippen LogP contribution in [0.4, 0.5) is 0 Å². The highest BCUT2D eigenvalue weighted by Crippen LogP contribution is 2.46. The molecule has 2 saturated heterocycles. The van der Waals surface area contributed by atoms with Crippen LogP contribution in [0.5, 0.6) is 5.75 Å². The van der Waals surface area contributed by atoms with E-state index >= 15 is 0 Å². The molecule has 25 heavy (non-hydrogen) atoms. The SMILES string of the molecule is CCOc1ccc(C2(O)CC3CCC(C2)N3Cc2ccccc2)cc1. The molecule has 0 aliphatic carbocycles. The van der Waals surface area contributed by atoms with E-state index in [-0.39, 0.29) is 0 Å². The molecule has 0 saturated carbocycles. The van der Waals surface area contributed by atoms with Crippen LogP contribution in [-0.2, 0) is 12.1 Å². The van der Waals surface area contributed by atoms with Crippen LogP contribution < -0.4 is 4.74 Å². The van der Waals surface area contributed by atoms with E-state index in [2.05, 4.69) is 35.2 Å². The van der Waals surface area contributed by atoms with Gasteiger partial charge in [-0.25, -0.2) is 0 Å². The van der Waals surface area contributed by atoms with E-state index in [9.17, 15) is 5.11 Å². The van der Waals surface area contributed by atoms with E-state index in [0.29, 0.717) is 18.7 Å². The molecule has 2 heterocycles. The van der Waals surface area contributed by atoms with Gasteiger partial charge in [0.05, 0.1) is 12.2 Å². The molecule has 0 aromatic heterocycles. The minimum atomic E-state index is -0.705. The van der Waals surface area contributed by atoms with Gasteiger partial charge in [0.25, 0.3) is 0 Å². The molecule has 0 spiro atoms. The number of fused-ring (bicyclic) bond motifs is 2. The lowest BCUT2D eigenvalue weighted by atomic mass is 9.80. The fourth-order valence-electron chi connectivity index (χ4n) is 4.63. The van der Waals surface area contributed by atoms with Crippen molar-refractivity contribution in [1.29, 1.82) is 0 Å². The highest BCUT2D eigenvalue weighted by atomic mass is 16.5. The van der Waals surface area contributed by atoms with Crippen LogP contribution in [0.2, 0.25) is 0 Å². The number of piperidine rings is 1. The molecule has 1 N–H and O–H groups in total. The second kappa shape index (κ2) is 6.81. The molecular formula is C22H27NO2. The normalized spacial score (nSPS) is 28.9. The van der Waals surface area contributed by atoms with Gasteiger partial charge in [-0.15, -0.1) is 0 Å². The van der Waals surface area contributed by atoms with Gasteiger partial charge < -0.3 is 9.84 Å². The minimum absolute atomic E-state index is 0.468. The second-order valence-corrected chi connectivity index (χ2v) is 7.44. The van der Waals surface area contributed by atoms with E-state index in [1.165, 1.54) is 18.4 Å². The molecule has 2 atom stereocenters. The molecule has 3 nitrogen and oxygen atoms in total. The van der Waals surface area contributed by atoms with Crippen LogP contribution in [0.1, 0.15) is 43.7 Å². The van der Waals surface area contributed by atoms with Crippen LogP contribution in [0, 0.1) is 0 Å². The van der Waals surface area contributed by atoms with Crippen molar-refractivity contribution in [3.63, 3.8) is 0 Å². The lowest BCUT2D eigenvalue weighted by Gasteiger charge is -2.44. The maximum Gasteiger partial charge on any atom is 0.119 e. The third-order valence-electron chi connectivity index (χ3n) is 5.83. The number of nitrogens with zero attached hydrogens (tertiary/aromatic N) is 1. The van der Waals surface area contributed by atoms with Crippen molar-refractivity contribution in [3.8, 4) is 5.75 Å². The maximum atomic E-state index is 11.4. The summed E-state index contributed by atoms with van der Waals surface area (Å²) in [5, 5.41) is 11.4. The van der Waals surface area contributed by atoms with Crippen molar-refractivity contribution < 1.29 is 9.84 Å². The van der Waals surface area contributed by atoms with Crippen molar-refractivity contribution in [2.75, 3.05) is 6.61 Å². The average Bonchev–Trinajstić information content (AvgIpc) is 2.87. The molecule has 0 amide bonds. The molecule has 2 bridgehead atoms. The first-order chi connectivity index (χ1) is 12.2. The predicted molar refractivity (Wildman–Crippen MR) is 99.5 cm³/mol. The Bertz CT molecular complexity index is 684. The van der Waals surface area contributed by atoms with E-state index in [1.807, 2.05) is 31.2 Å². The summed E-state index contributed by atoms with van der Waals surface area (Å²) < 4.78 is 5.53. The Hall–Kier alpha value is -1.84. The van der Waals surface area contributed by atoms with Crippen molar-refractivity contribution >= 4 is 0 Å². The van der Waals surface area contributed by atoms with Crippen LogP contribution in [0.25, 0.3) is 0 Å². The molecular weight excluding hydrogens is 310 g/mol. The Morgan fingerprint density at radius 3 is 2.24 bits per heavy atom. The molecule has 2 aromatic rings. The first-order valence-electron chi connectivity index (χ1n) is 9.43. The summed E-state index contributed by atoms with van der Waals surface area (Å²) in [7, 11) is 0. The van der Waals surface area contributed by atoms with Crippen LogP contribution in [0.15, 0.2) is 54.6 Å². The monoisotopic (exact) mass is 337 g/mol. The quantitative estimate of drug-likeness (QED) is 0.891. The van der Waals surface area contributed by atoms with Gasteiger partial charge >= 0.3 is 0 Å². The Kier molecular flexibility index (Phi) is 4.53. The Morgan fingerprint density at radius 1 is 1.00 bits per heavy atom. The average molecular weight is 337 g/mol. The minimum Gasteiger partial charge on any atom is -0.494 e. The third kappa shape index (κ3) is 3.31. The smallest absolute Gasteiger partial charge is 0.119 e. The summed E-state index contributed by atoms with van der Waals surface area (Å²) in [5.41, 5.74) is 1.70. The largest absolute Gasteiger partial charge is 0.494 e.